The molecule has 0 atom stereocenters. The summed E-state index contributed by atoms with van der Waals surface area (Å²) in [6.45, 7) is 2.16. The highest BCUT2D eigenvalue weighted by atomic mass is 35.5. The number of hydrogen-bond donors (Lipinski definition) is 0. The third-order valence-corrected chi connectivity index (χ3v) is 3.70. The van der Waals surface area contributed by atoms with Crippen LogP contribution in [-0.2, 0) is 4.74 Å². The van der Waals surface area contributed by atoms with Gasteiger partial charge in [0.2, 0.25) is 0 Å². The lowest BCUT2D eigenvalue weighted by Gasteiger charge is -2.27. The molecule has 3 rings (SSSR count). The summed E-state index contributed by atoms with van der Waals surface area (Å²) < 4.78 is 12.0. The van der Waals surface area contributed by atoms with Crippen molar-refractivity contribution in [3.05, 3.63) is 29.0 Å². The third kappa shape index (κ3) is 2.75. The maximum absolute atomic E-state index is 12.6. The van der Waals surface area contributed by atoms with E-state index in [0.717, 1.165) is 0 Å². The predicted octanol–water partition coefficient (Wildman–Crippen LogP) is 0.797. The SMILES string of the molecule is COc1cc(-n2cnnn2)c(Cl)cc1C(=O)N1CCOCC1. The minimum Gasteiger partial charge on any atom is -0.496 e. The van der Waals surface area contributed by atoms with Gasteiger partial charge in [0.1, 0.15) is 12.1 Å². The molecule has 2 heterocycles. The van der Waals surface area contributed by atoms with E-state index < -0.39 is 0 Å². The van der Waals surface area contributed by atoms with Crippen molar-refractivity contribution in [1.29, 1.82) is 0 Å². The van der Waals surface area contributed by atoms with Gasteiger partial charge in [-0.1, -0.05) is 11.6 Å². The lowest BCUT2D eigenvalue weighted by molar-refractivity contribution is 0.0301. The quantitative estimate of drug-likeness (QED) is 0.831. The average Bonchev–Trinajstić information content (AvgIpc) is 3.09. The molecule has 116 valence electrons. The Balaban J connectivity index is 1.97. The number of amides is 1. The number of hydrogen-bond acceptors (Lipinski definition) is 6. The first-order valence-corrected chi connectivity index (χ1v) is 7.06. The average molecular weight is 324 g/mol. The fraction of sp³-hybridized carbons (Fsp3) is 0.385. The first-order valence-electron chi connectivity index (χ1n) is 6.68. The first kappa shape index (κ1) is 14.7. The van der Waals surface area contributed by atoms with Gasteiger partial charge in [0, 0.05) is 19.2 Å². The van der Waals surface area contributed by atoms with Crippen LogP contribution in [0.1, 0.15) is 10.4 Å². The summed E-state index contributed by atoms with van der Waals surface area (Å²) in [5.41, 5.74) is 0.952. The number of morpholine rings is 1. The number of ether oxygens (including phenoxy) is 2. The monoisotopic (exact) mass is 323 g/mol. The van der Waals surface area contributed by atoms with Gasteiger partial charge in [-0.25, -0.2) is 0 Å². The van der Waals surface area contributed by atoms with Crippen LogP contribution in [0.3, 0.4) is 0 Å². The van der Waals surface area contributed by atoms with Crippen LogP contribution < -0.4 is 4.74 Å². The molecule has 1 aliphatic rings. The Bertz CT molecular complexity index is 671. The Labute approximate surface area is 131 Å². The number of aromatic nitrogens is 4. The van der Waals surface area contributed by atoms with Crippen molar-refractivity contribution in [2.24, 2.45) is 0 Å². The van der Waals surface area contributed by atoms with E-state index >= 15 is 0 Å². The summed E-state index contributed by atoms with van der Waals surface area (Å²) in [5, 5.41) is 11.3. The molecule has 2 aromatic rings. The zero-order chi connectivity index (χ0) is 15.5. The molecule has 1 aromatic carbocycles. The van der Waals surface area contributed by atoms with Crippen LogP contribution in [0.2, 0.25) is 5.02 Å². The Hall–Kier alpha value is -2.19. The fourth-order valence-electron chi connectivity index (χ4n) is 2.26. The fourth-order valence-corrected chi connectivity index (χ4v) is 2.51. The lowest BCUT2D eigenvalue weighted by Crippen LogP contribution is -2.40. The normalized spacial score (nSPS) is 14.9. The van der Waals surface area contributed by atoms with Crippen LogP contribution in [0, 0.1) is 0 Å². The maximum atomic E-state index is 12.6. The summed E-state index contributed by atoms with van der Waals surface area (Å²) >= 11 is 6.27. The van der Waals surface area contributed by atoms with Crippen LogP contribution in [0.15, 0.2) is 18.5 Å². The topological polar surface area (TPSA) is 82.4 Å². The van der Waals surface area contributed by atoms with Gasteiger partial charge in [0.05, 0.1) is 36.6 Å². The number of carbonyl (C=O) groups is 1. The van der Waals surface area contributed by atoms with Crippen molar-refractivity contribution >= 4 is 17.5 Å². The Morgan fingerprint density at radius 1 is 1.36 bits per heavy atom. The van der Waals surface area contributed by atoms with Gasteiger partial charge in [-0.3, -0.25) is 4.79 Å². The Kier molecular flexibility index (Phi) is 4.21. The van der Waals surface area contributed by atoms with Gasteiger partial charge in [0.15, 0.2) is 0 Å². The molecule has 8 nitrogen and oxygen atoms in total. The Morgan fingerprint density at radius 2 is 2.14 bits per heavy atom. The number of nitrogens with zero attached hydrogens (tertiary/aromatic N) is 5. The first-order chi connectivity index (χ1) is 10.7. The number of carbonyl (C=O) groups excluding carboxylic acids is 1. The largest absolute Gasteiger partial charge is 0.496 e. The molecule has 1 amide bonds. The minimum absolute atomic E-state index is 0.134. The molecular weight excluding hydrogens is 310 g/mol. The van der Waals surface area contributed by atoms with Crippen molar-refractivity contribution in [3.8, 4) is 11.4 Å². The predicted molar refractivity (Wildman–Crippen MR) is 77.4 cm³/mol. The molecule has 9 heteroatoms. The minimum atomic E-state index is -0.134. The van der Waals surface area contributed by atoms with Gasteiger partial charge in [0.25, 0.3) is 5.91 Å². The maximum Gasteiger partial charge on any atom is 0.257 e. The summed E-state index contributed by atoms with van der Waals surface area (Å²) in [4.78, 5) is 14.3. The van der Waals surface area contributed by atoms with E-state index in [1.54, 1.807) is 17.0 Å². The standard InChI is InChI=1S/C13H14ClN5O3/c1-21-12-7-11(19-8-15-16-17-19)10(14)6-9(12)13(20)18-2-4-22-5-3-18/h6-8H,2-5H2,1H3. The highest BCUT2D eigenvalue weighted by Gasteiger charge is 2.23. The van der Waals surface area contributed by atoms with Crippen molar-refractivity contribution in [1.82, 2.24) is 25.1 Å². The summed E-state index contributed by atoms with van der Waals surface area (Å²) in [6, 6.07) is 3.22. The van der Waals surface area contributed by atoms with Crippen LogP contribution in [-0.4, -0.2) is 64.4 Å². The molecule has 1 fully saturated rings. The van der Waals surface area contributed by atoms with Crippen molar-refractivity contribution in [3.63, 3.8) is 0 Å². The number of methoxy groups -OCH3 is 1. The van der Waals surface area contributed by atoms with E-state index in [2.05, 4.69) is 15.5 Å². The molecule has 1 saturated heterocycles. The highest BCUT2D eigenvalue weighted by molar-refractivity contribution is 6.33. The molecule has 1 aliphatic heterocycles. The third-order valence-electron chi connectivity index (χ3n) is 3.39. The van der Waals surface area contributed by atoms with Gasteiger partial charge in [-0.15, -0.1) is 5.10 Å². The van der Waals surface area contributed by atoms with E-state index in [0.29, 0.717) is 48.3 Å². The van der Waals surface area contributed by atoms with Gasteiger partial charge in [-0.2, -0.15) is 4.68 Å². The summed E-state index contributed by atoms with van der Waals surface area (Å²) in [6.07, 6.45) is 1.42. The van der Waals surface area contributed by atoms with E-state index in [-0.39, 0.29) is 5.91 Å². The number of rotatable bonds is 3. The van der Waals surface area contributed by atoms with Crippen molar-refractivity contribution in [2.75, 3.05) is 33.4 Å². The number of halogens is 1. The van der Waals surface area contributed by atoms with Crippen LogP contribution >= 0.6 is 11.6 Å². The van der Waals surface area contributed by atoms with Gasteiger partial charge >= 0.3 is 0 Å². The van der Waals surface area contributed by atoms with Gasteiger partial charge in [-0.05, 0) is 16.5 Å². The smallest absolute Gasteiger partial charge is 0.257 e. The lowest BCUT2D eigenvalue weighted by atomic mass is 10.1. The van der Waals surface area contributed by atoms with Crippen LogP contribution in [0.5, 0.6) is 5.75 Å². The second-order valence-corrected chi connectivity index (χ2v) is 5.07. The highest BCUT2D eigenvalue weighted by Crippen LogP contribution is 2.30. The second-order valence-electron chi connectivity index (χ2n) is 4.66. The van der Waals surface area contributed by atoms with E-state index in [9.17, 15) is 4.79 Å². The molecule has 22 heavy (non-hydrogen) atoms. The molecule has 0 spiro atoms. The summed E-state index contributed by atoms with van der Waals surface area (Å²) in [5.74, 6) is 0.289. The number of benzene rings is 1. The molecule has 0 saturated carbocycles. The number of tetrazole rings is 1. The molecule has 0 bridgehead atoms. The molecule has 1 aromatic heterocycles. The van der Waals surface area contributed by atoms with Crippen LogP contribution in [0.25, 0.3) is 5.69 Å². The zero-order valence-corrected chi connectivity index (χ0v) is 12.7. The molecule has 0 unspecified atom stereocenters. The molecule has 0 radical (unpaired) electrons. The second kappa shape index (κ2) is 6.29. The molecular formula is C13H14ClN5O3. The zero-order valence-electron chi connectivity index (χ0n) is 11.9. The Morgan fingerprint density at radius 3 is 2.77 bits per heavy atom. The molecule has 0 aliphatic carbocycles. The summed E-state index contributed by atoms with van der Waals surface area (Å²) in [7, 11) is 1.50. The van der Waals surface area contributed by atoms with Gasteiger partial charge < -0.3 is 14.4 Å². The van der Waals surface area contributed by atoms with Crippen molar-refractivity contribution in [2.45, 2.75) is 0 Å². The van der Waals surface area contributed by atoms with E-state index in [1.807, 2.05) is 0 Å². The van der Waals surface area contributed by atoms with Crippen LogP contribution in [0.4, 0.5) is 0 Å². The van der Waals surface area contributed by atoms with E-state index in [1.165, 1.54) is 18.1 Å². The van der Waals surface area contributed by atoms with Crippen molar-refractivity contribution < 1.29 is 14.3 Å². The van der Waals surface area contributed by atoms with E-state index in [4.69, 9.17) is 21.1 Å². The molecule has 0 N–H and O–H groups in total.